The van der Waals surface area contributed by atoms with E-state index in [0.29, 0.717) is 11.1 Å². The molecule has 23 heavy (non-hydrogen) atoms. The largest absolute Gasteiger partial charge is 0.469 e. The Labute approximate surface area is 134 Å². The SMILES string of the molecule is COC(=O)CC(NC(=O)c1ccc(C#N)cc1)c1ccccc1. The average Bonchev–Trinajstić information content (AvgIpc) is 2.61. The van der Waals surface area contributed by atoms with Crippen molar-refractivity contribution in [2.24, 2.45) is 0 Å². The number of nitrogens with zero attached hydrogens (tertiary/aromatic N) is 1. The van der Waals surface area contributed by atoms with Crippen molar-refractivity contribution in [2.45, 2.75) is 12.5 Å². The topological polar surface area (TPSA) is 79.2 Å². The Balaban J connectivity index is 2.17. The molecule has 0 aliphatic carbocycles. The summed E-state index contributed by atoms with van der Waals surface area (Å²) in [7, 11) is 1.31. The summed E-state index contributed by atoms with van der Waals surface area (Å²) in [6.45, 7) is 0. The second kappa shape index (κ2) is 7.76. The highest BCUT2D eigenvalue weighted by Crippen LogP contribution is 2.18. The summed E-state index contributed by atoms with van der Waals surface area (Å²) in [5, 5.41) is 11.6. The molecule has 116 valence electrons. The molecular weight excluding hydrogens is 292 g/mol. The van der Waals surface area contributed by atoms with Crippen LogP contribution in [0, 0.1) is 11.3 Å². The van der Waals surface area contributed by atoms with Gasteiger partial charge in [-0.15, -0.1) is 0 Å². The lowest BCUT2D eigenvalue weighted by atomic mass is 10.0. The third-order valence-electron chi connectivity index (χ3n) is 3.38. The Bertz CT molecular complexity index is 718. The fourth-order valence-electron chi connectivity index (χ4n) is 2.13. The van der Waals surface area contributed by atoms with Gasteiger partial charge in [0.15, 0.2) is 0 Å². The molecule has 1 unspecified atom stereocenters. The van der Waals surface area contributed by atoms with Gasteiger partial charge in [0.1, 0.15) is 0 Å². The van der Waals surface area contributed by atoms with Gasteiger partial charge in [-0.2, -0.15) is 5.26 Å². The molecule has 0 aliphatic rings. The normalized spacial score (nSPS) is 11.1. The maximum Gasteiger partial charge on any atom is 0.307 e. The number of esters is 1. The smallest absolute Gasteiger partial charge is 0.307 e. The predicted molar refractivity (Wildman–Crippen MR) is 84.4 cm³/mol. The number of nitrogens with one attached hydrogen (secondary N) is 1. The summed E-state index contributed by atoms with van der Waals surface area (Å²) >= 11 is 0. The molecule has 1 amide bonds. The number of hydrogen-bond donors (Lipinski definition) is 1. The summed E-state index contributed by atoms with van der Waals surface area (Å²) in [5.74, 6) is -0.716. The van der Waals surface area contributed by atoms with Gasteiger partial charge in [-0.1, -0.05) is 30.3 Å². The molecule has 0 aromatic heterocycles. The van der Waals surface area contributed by atoms with Crippen LogP contribution in [-0.4, -0.2) is 19.0 Å². The van der Waals surface area contributed by atoms with Crippen LogP contribution in [0.15, 0.2) is 54.6 Å². The number of methoxy groups -OCH3 is 1. The van der Waals surface area contributed by atoms with Gasteiger partial charge in [0, 0.05) is 5.56 Å². The number of carbonyl (C=O) groups excluding carboxylic acids is 2. The fourth-order valence-corrected chi connectivity index (χ4v) is 2.13. The van der Waals surface area contributed by atoms with Crippen molar-refractivity contribution in [3.63, 3.8) is 0 Å². The molecular formula is C18H16N2O3. The lowest BCUT2D eigenvalue weighted by Crippen LogP contribution is -2.30. The van der Waals surface area contributed by atoms with E-state index in [1.54, 1.807) is 24.3 Å². The van der Waals surface area contributed by atoms with Crippen LogP contribution in [0.3, 0.4) is 0 Å². The minimum absolute atomic E-state index is 0.0442. The van der Waals surface area contributed by atoms with Crippen LogP contribution in [0.1, 0.15) is 33.9 Å². The van der Waals surface area contributed by atoms with E-state index in [4.69, 9.17) is 10.00 Å². The van der Waals surface area contributed by atoms with E-state index in [2.05, 4.69) is 5.32 Å². The molecule has 0 heterocycles. The quantitative estimate of drug-likeness (QED) is 0.861. The third-order valence-corrected chi connectivity index (χ3v) is 3.38. The highest BCUT2D eigenvalue weighted by Gasteiger charge is 2.19. The molecule has 5 heteroatoms. The highest BCUT2D eigenvalue weighted by atomic mass is 16.5. The summed E-state index contributed by atoms with van der Waals surface area (Å²) in [4.78, 5) is 23.9. The maximum atomic E-state index is 12.4. The van der Waals surface area contributed by atoms with E-state index in [9.17, 15) is 9.59 Å². The van der Waals surface area contributed by atoms with Crippen LogP contribution in [0.25, 0.3) is 0 Å². The van der Waals surface area contributed by atoms with Gasteiger partial charge in [0.2, 0.25) is 0 Å². The lowest BCUT2D eigenvalue weighted by molar-refractivity contribution is -0.141. The molecule has 2 rings (SSSR count). The zero-order valence-electron chi connectivity index (χ0n) is 12.7. The Morgan fingerprint density at radius 3 is 2.35 bits per heavy atom. The molecule has 0 saturated carbocycles. The Kier molecular flexibility index (Phi) is 5.48. The van der Waals surface area contributed by atoms with E-state index in [1.165, 1.54) is 7.11 Å². The second-order valence-corrected chi connectivity index (χ2v) is 4.91. The standard InChI is InChI=1S/C18H16N2O3/c1-23-17(21)11-16(14-5-3-2-4-6-14)20-18(22)15-9-7-13(12-19)8-10-15/h2-10,16H,11H2,1H3,(H,20,22). The molecule has 1 N–H and O–H groups in total. The van der Waals surface area contributed by atoms with Gasteiger partial charge >= 0.3 is 5.97 Å². The van der Waals surface area contributed by atoms with E-state index in [-0.39, 0.29) is 12.3 Å². The molecule has 0 bridgehead atoms. The van der Waals surface area contributed by atoms with Gasteiger partial charge < -0.3 is 10.1 Å². The van der Waals surface area contributed by atoms with Crippen molar-refractivity contribution in [1.82, 2.24) is 5.32 Å². The first-order valence-corrected chi connectivity index (χ1v) is 7.07. The summed E-state index contributed by atoms with van der Waals surface area (Å²) in [5.41, 5.74) is 1.73. The van der Waals surface area contributed by atoms with Crippen molar-refractivity contribution >= 4 is 11.9 Å². The van der Waals surface area contributed by atoms with Crippen molar-refractivity contribution in [3.8, 4) is 6.07 Å². The fraction of sp³-hybridized carbons (Fsp3) is 0.167. The van der Waals surface area contributed by atoms with Crippen molar-refractivity contribution < 1.29 is 14.3 Å². The molecule has 0 aliphatic heterocycles. The van der Waals surface area contributed by atoms with Crippen LogP contribution in [0.4, 0.5) is 0 Å². The predicted octanol–water partition coefficient (Wildman–Crippen LogP) is 2.59. The molecule has 0 radical (unpaired) electrons. The minimum Gasteiger partial charge on any atom is -0.469 e. The van der Waals surface area contributed by atoms with Crippen molar-refractivity contribution in [1.29, 1.82) is 5.26 Å². The molecule has 0 spiro atoms. The zero-order valence-corrected chi connectivity index (χ0v) is 12.7. The first-order valence-electron chi connectivity index (χ1n) is 7.07. The van der Waals surface area contributed by atoms with Crippen LogP contribution < -0.4 is 5.32 Å². The van der Waals surface area contributed by atoms with Crippen LogP contribution in [0.5, 0.6) is 0 Å². The van der Waals surface area contributed by atoms with Crippen LogP contribution in [0.2, 0.25) is 0 Å². The van der Waals surface area contributed by atoms with E-state index in [0.717, 1.165) is 5.56 Å². The first kappa shape index (κ1) is 16.2. The Morgan fingerprint density at radius 1 is 1.13 bits per heavy atom. The zero-order chi connectivity index (χ0) is 16.7. The summed E-state index contributed by atoms with van der Waals surface area (Å²) < 4.78 is 4.69. The minimum atomic E-state index is -0.480. The number of benzene rings is 2. The number of ether oxygens (including phenoxy) is 1. The number of amides is 1. The molecule has 5 nitrogen and oxygen atoms in total. The monoisotopic (exact) mass is 308 g/mol. The van der Waals surface area contributed by atoms with E-state index < -0.39 is 12.0 Å². The van der Waals surface area contributed by atoms with Crippen molar-refractivity contribution in [3.05, 3.63) is 71.3 Å². The average molecular weight is 308 g/mol. The van der Waals surface area contributed by atoms with Crippen molar-refractivity contribution in [2.75, 3.05) is 7.11 Å². The lowest BCUT2D eigenvalue weighted by Gasteiger charge is -2.18. The van der Waals surface area contributed by atoms with Crippen LogP contribution >= 0.6 is 0 Å². The molecule has 0 fully saturated rings. The van der Waals surface area contributed by atoms with Gasteiger partial charge in [0.25, 0.3) is 5.91 Å². The number of nitriles is 1. The number of rotatable bonds is 5. The van der Waals surface area contributed by atoms with Gasteiger partial charge in [-0.3, -0.25) is 9.59 Å². The highest BCUT2D eigenvalue weighted by molar-refractivity contribution is 5.94. The molecule has 1 atom stereocenters. The maximum absolute atomic E-state index is 12.4. The third kappa shape index (κ3) is 4.42. The number of hydrogen-bond acceptors (Lipinski definition) is 4. The molecule has 2 aromatic carbocycles. The Hall–Kier alpha value is -3.13. The van der Waals surface area contributed by atoms with Gasteiger partial charge in [-0.05, 0) is 29.8 Å². The van der Waals surface area contributed by atoms with Gasteiger partial charge in [-0.25, -0.2) is 0 Å². The van der Waals surface area contributed by atoms with E-state index >= 15 is 0 Å². The first-order chi connectivity index (χ1) is 11.1. The Morgan fingerprint density at radius 2 is 1.78 bits per heavy atom. The molecule has 0 saturated heterocycles. The van der Waals surface area contributed by atoms with Crippen LogP contribution in [-0.2, 0) is 9.53 Å². The number of carbonyl (C=O) groups is 2. The second-order valence-electron chi connectivity index (χ2n) is 4.91. The molecule has 2 aromatic rings. The summed E-state index contributed by atoms with van der Waals surface area (Å²) in [6, 6.07) is 17.1. The van der Waals surface area contributed by atoms with Gasteiger partial charge in [0.05, 0.1) is 31.2 Å². The summed E-state index contributed by atoms with van der Waals surface area (Å²) in [6.07, 6.45) is 0.0442. The van der Waals surface area contributed by atoms with E-state index in [1.807, 2.05) is 36.4 Å².